The van der Waals surface area contributed by atoms with Crippen LogP contribution < -0.4 is 5.73 Å². The summed E-state index contributed by atoms with van der Waals surface area (Å²) >= 11 is 1.36. The lowest BCUT2D eigenvalue weighted by molar-refractivity contribution is -0.173. The van der Waals surface area contributed by atoms with E-state index in [4.69, 9.17) is 10.3 Å². The van der Waals surface area contributed by atoms with Crippen molar-refractivity contribution in [2.45, 2.75) is 19.1 Å². The van der Waals surface area contributed by atoms with Crippen LogP contribution in [0.2, 0.25) is 0 Å². The van der Waals surface area contributed by atoms with Crippen molar-refractivity contribution in [1.82, 2.24) is 15.1 Å². The van der Waals surface area contributed by atoms with E-state index >= 15 is 0 Å². The van der Waals surface area contributed by atoms with Crippen LogP contribution in [0.4, 0.5) is 13.2 Å². The predicted molar refractivity (Wildman–Crippen MR) is 63.9 cm³/mol. The molecule has 0 saturated heterocycles. The maximum atomic E-state index is 11.9. The minimum Gasteiger partial charge on any atom is -0.372 e. The largest absolute Gasteiger partial charge is 0.411 e. The van der Waals surface area contributed by atoms with Gasteiger partial charge in [0.1, 0.15) is 17.3 Å². The average molecular weight is 308 g/mol. The van der Waals surface area contributed by atoms with Gasteiger partial charge in [0.2, 0.25) is 0 Å². The lowest BCUT2D eigenvalue weighted by Crippen LogP contribution is -2.18. The Hall–Kier alpha value is -1.52. The first-order chi connectivity index (χ1) is 9.48. The minimum absolute atomic E-state index is 0.132. The standard InChI is InChI=1S/C10H11F3N4O2S/c11-10(12,13)5-18-2-1-7-16-9(19-17-7)6-4-20-8(3-14)15-6/h4H,1-3,5,14H2. The van der Waals surface area contributed by atoms with Crippen molar-refractivity contribution in [3.8, 4) is 11.6 Å². The van der Waals surface area contributed by atoms with Crippen LogP contribution in [0.5, 0.6) is 0 Å². The summed E-state index contributed by atoms with van der Waals surface area (Å²) in [5.41, 5.74) is 5.94. The highest BCUT2D eigenvalue weighted by Gasteiger charge is 2.27. The Bertz CT molecular complexity index is 555. The summed E-state index contributed by atoms with van der Waals surface area (Å²) < 4.78 is 45.0. The minimum atomic E-state index is -4.33. The molecule has 0 fully saturated rings. The lowest BCUT2D eigenvalue weighted by Gasteiger charge is -2.05. The zero-order chi connectivity index (χ0) is 14.6. The van der Waals surface area contributed by atoms with Crippen LogP contribution in [0, 0.1) is 0 Å². The molecule has 2 aromatic heterocycles. The van der Waals surface area contributed by atoms with Gasteiger partial charge in [-0.3, -0.25) is 0 Å². The summed E-state index contributed by atoms with van der Waals surface area (Å²) in [5, 5.41) is 6.10. The van der Waals surface area contributed by atoms with E-state index in [1.54, 1.807) is 5.38 Å². The third-order valence-corrected chi connectivity index (χ3v) is 3.02. The first kappa shape index (κ1) is 14.9. The van der Waals surface area contributed by atoms with Gasteiger partial charge in [-0.15, -0.1) is 11.3 Å². The van der Waals surface area contributed by atoms with E-state index in [2.05, 4.69) is 19.9 Å². The number of nitrogens with zero attached hydrogens (tertiary/aromatic N) is 3. The van der Waals surface area contributed by atoms with Gasteiger partial charge in [-0.25, -0.2) is 4.98 Å². The van der Waals surface area contributed by atoms with Gasteiger partial charge < -0.3 is 15.0 Å². The number of ether oxygens (including phenoxy) is 1. The van der Waals surface area contributed by atoms with Crippen LogP contribution in [-0.2, 0) is 17.7 Å². The molecule has 2 rings (SSSR count). The van der Waals surface area contributed by atoms with Crippen molar-refractivity contribution >= 4 is 11.3 Å². The Balaban J connectivity index is 1.86. The van der Waals surface area contributed by atoms with E-state index < -0.39 is 12.8 Å². The molecular formula is C10H11F3N4O2S. The second-order valence-electron chi connectivity index (χ2n) is 3.76. The fraction of sp³-hybridized carbons (Fsp3) is 0.500. The van der Waals surface area contributed by atoms with E-state index in [0.29, 0.717) is 12.2 Å². The summed E-state index contributed by atoms with van der Waals surface area (Å²) in [6, 6.07) is 0. The normalized spacial score (nSPS) is 12.0. The molecule has 2 N–H and O–H groups in total. The Kier molecular flexibility index (Phi) is 4.68. The summed E-state index contributed by atoms with van der Waals surface area (Å²) in [7, 11) is 0. The summed E-state index contributed by atoms with van der Waals surface area (Å²) in [5.74, 6) is 0.483. The molecule has 0 radical (unpaired) electrons. The lowest BCUT2D eigenvalue weighted by atomic mass is 10.4. The van der Waals surface area contributed by atoms with Crippen LogP contribution in [0.1, 0.15) is 10.8 Å². The van der Waals surface area contributed by atoms with Crippen molar-refractivity contribution in [1.29, 1.82) is 0 Å². The number of rotatable bonds is 6. The maximum absolute atomic E-state index is 11.9. The van der Waals surface area contributed by atoms with Gasteiger partial charge in [-0.05, 0) is 0 Å². The highest BCUT2D eigenvalue weighted by atomic mass is 32.1. The number of hydrogen-bond acceptors (Lipinski definition) is 7. The van der Waals surface area contributed by atoms with Gasteiger partial charge in [-0.1, -0.05) is 5.16 Å². The van der Waals surface area contributed by atoms with Gasteiger partial charge in [-0.2, -0.15) is 18.2 Å². The molecule has 0 aliphatic rings. The molecule has 0 aliphatic heterocycles. The first-order valence-corrected chi connectivity index (χ1v) is 6.48. The number of thiazole rings is 1. The third kappa shape index (κ3) is 4.25. The topological polar surface area (TPSA) is 87.1 Å². The molecule has 110 valence electrons. The zero-order valence-electron chi connectivity index (χ0n) is 10.2. The molecule has 0 atom stereocenters. The maximum Gasteiger partial charge on any atom is 0.411 e. The number of aromatic nitrogens is 3. The fourth-order valence-electron chi connectivity index (χ4n) is 1.31. The highest BCUT2D eigenvalue weighted by molar-refractivity contribution is 7.09. The van der Waals surface area contributed by atoms with E-state index in [1.165, 1.54) is 11.3 Å². The smallest absolute Gasteiger partial charge is 0.372 e. The van der Waals surface area contributed by atoms with Crippen molar-refractivity contribution in [2.24, 2.45) is 5.73 Å². The average Bonchev–Trinajstić information content (AvgIpc) is 3.02. The van der Waals surface area contributed by atoms with E-state index in [-0.39, 0.29) is 24.7 Å². The first-order valence-electron chi connectivity index (χ1n) is 5.60. The molecule has 10 heteroatoms. The molecule has 20 heavy (non-hydrogen) atoms. The van der Waals surface area contributed by atoms with E-state index in [9.17, 15) is 13.2 Å². The summed E-state index contributed by atoms with van der Waals surface area (Å²) in [6.07, 6.45) is -4.20. The highest BCUT2D eigenvalue weighted by Crippen LogP contribution is 2.20. The Morgan fingerprint density at radius 3 is 2.80 bits per heavy atom. The molecule has 0 spiro atoms. The molecule has 0 amide bonds. The number of hydrogen-bond donors (Lipinski definition) is 1. The molecule has 0 unspecified atom stereocenters. The van der Waals surface area contributed by atoms with Crippen LogP contribution in [-0.4, -0.2) is 34.5 Å². The van der Waals surface area contributed by atoms with Gasteiger partial charge in [0.25, 0.3) is 5.89 Å². The van der Waals surface area contributed by atoms with Gasteiger partial charge in [0.05, 0.1) is 6.61 Å². The van der Waals surface area contributed by atoms with Crippen molar-refractivity contribution in [2.75, 3.05) is 13.2 Å². The molecular weight excluding hydrogens is 297 g/mol. The Morgan fingerprint density at radius 1 is 1.35 bits per heavy atom. The number of halogens is 3. The van der Waals surface area contributed by atoms with Crippen molar-refractivity contribution < 1.29 is 22.4 Å². The monoisotopic (exact) mass is 308 g/mol. The second kappa shape index (κ2) is 6.29. The summed E-state index contributed by atoms with van der Waals surface area (Å²) in [4.78, 5) is 8.18. The molecule has 0 aromatic carbocycles. The Morgan fingerprint density at radius 2 is 2.15 bits per heavy atom. The molecule has 6 nitrogen and oxygen atoms in total. The third-order valence-electron chi connectivity index (χ3n) is 2.15. The zero-order valence-corrected chi connectivity index (χ0v) is 11.0. The molecule has 0 saturated carbocycles. The molecule has 2 heterocycles. The van der Waals surface area contributed by atoms with E-state index in [0.717, 1.165) is 5.01 Å². The predicted octanol–water partition coefficient (Wildman–Crippen LogP) is 1.77. The van der Waals surface area contributed by atoms with Crippen LogP contribution in [0.25, 0.3) is 11.6 Å². The SMILES string of the molecule is NCc1nc(-c2nc(CCOCC(F)(F)F)no2)cs1. The van der Waals surface area contributed by atoms with Gasteiger partial charge >= 0.3 is 6.18 Å². The van der Waals surface area contributed by atoms with E-state index in [1.807, 2.05) is 0 Å². The van der Waals surface area contributed by atoms with Gasteiger partial charge in [0.15, 0.2) is 5.82 Å². The number of alkyl halides is 3. The van der Waals surface area contributed by atoms with Crippen molar-refractivity contribution in [3.63, 3.8) is 0 Å². The summed E-state index contributed by atoms with van der Waals surface area (Å²) in [6.45, 7) is -1.11. The fourth-order valence-corrected chi connectivity index (χ4v) is 1.96. The van der Waals surface area contributed by atoms with Crippen LogP contribution >= 0.6 is 11.3 Å². The van der Waals surface area contributed by atoms with Gasteiger partial charge in [0, 0.05) is 18.3 Å². The molecule has 2 aromatic rings. The van der Waals surface area contributed by atoms with Crippen molar-refractivity contribution in [3.05, 3.63) is 16.2 Å². The molecule has 0 aliphatic carbocycles. The molecule has 0 bridgehead atoms. The van der Waals surface area contributed by atoms with Crippen LogP contribution in [0.3, 0.4) is 0 Å². The second-order valence-corrected chi connectivity index (χ2v) is 4.71. The number of nitrogens with two attached hydrogens (primary N) is 1. The van der Waals surface area contributed by atoms with Crippen LogP contribution in [0.15, 0.2) is 9.90 Å². The quantitative estimate of drug-likeness (QED) is 0.818. The Labute approximate surface area is 115 Å².